The van der Waals surface area contributed by atoms with E-state index in [4.69, 9.17) is 11.6 Å². The van der Waals surface area contributed by atoms with Crippen molar-refractivity contribution >= 4 is 17.5 Å². The number of carbonyl (C=O) groups is 1. The van der Waals surface area contributed by atoms with Crippen LogP contribution in [-0.4, -0.2) is 29.0 Å². The van der Waals surface area contributed by atoms with E-state index in [1.54, 1.807) is 12.1 Å². The second-order valence-corrected chi connectivity index (χ2v) is 9.10. The molecule has 33 heavy (non-hydrogen) atoms. The quantitative estimate of drug-likeness (QED) is 0.534. The largest absolute Gasteiger partial charge is 0.385 e. The SMILES string of the molecule is N#CC(CCC(=O)N1CCC(O)(c2ccc(Cl)cc2)CC1)(c1ccccc1)c1ccccc1. The van der Waals surface area contributed by atoms with Crippen molar-refractivity contribution in [1.29, 1.82) is 5.26 Å². The van der Waals surface area contributed by atoms with Crippen LogP contribution in [0.2, 0.25) is 5.02 Å². The second-order valence-electron chi connectivity index (χ2n) is 8.67. The Labute approximate surface area is 200 Å². The summed E-state index contributed by atoms with van der Waals surface area (Å²) in [4.78, 5) is 14.9. The Balaban J connectivity index is 1.47. The minimum absolute atomic E-state index is 0.0136. The minimum atomic E-state index is -0.953. The molecular weight excluding hydrogens is 432 g/mol. The predicted octanol–water partition coefficient (Wildman–Crippen LogP) is 5.44. The van der Waals surface area contributed by atoms with Crippen LogP contribution in [-0.2, 0) is 15.8 Å². The molecule has 1 fully saturated rings. The molecule has 0 unspecified atom stereocenters. The van der Waals surface area contributed by atoms with Crippen molar-refractivity contribution in [3.8, 4) is 6.07 Å². The Hall–Kier alpha value is -3.13. The maximum absolute atomic E-state index is 13.1. The summed E-state index contributed by atoms with van der Waals surface area (Å²) in [6, 6.07) is 29.1. The van der Waals surface area contributed by atoms with Crippen LogP contribution in [0.3, 0.4) is 0 Å². The van der Waals surface area contributed by atoms with E-state index < -0.39 is 11.0 Å². The fraction of sp³-hybridized carbons (Fsp3) is 0.286. The van der Waals surface area contributed by atoms with Crippen LogP contribution in [0, 0.1) is 11.3 Å². The number of amides is 1. The molecule has 5 heteroatoms. The highest BCUT2D eigenvalue weighted by molar-refractivity contribution is 6.30. The molecule has 1 N–H and O–H groups in total. The first kappa shape index (κ1) is 23.0. The fourth-order valence-corrected chi connectivity index (χ4v) is 4.84. The third-order valence-electron chi connectivity index (χ3n) is 6.76. The highest BCUT2D eigenvalue weighted by Gasteiger charge is 2.38. The van der Waals surface area contributed by atoms with Gasteiger partial charge in [0, 0.05) is 24.5 Å². The lowest BCUT2D eigenvalue weighted by Gasteiger charge is -2.39. The van der Waals surface area contributed by atoms with Gasteiger partial charge in [-0.2, -0.15) is 5.26 Å². The van der Waals surface area contributed by atoms with E-state index in [-0.39, 0.29) is 12.3 Å². The van der Waals surface area contributed by atoms with Crippen LogP contribution in [0.4, 0.5) is 0 Å². The van der Waals surface area contributed by atoms with Crippen LogP contribution in [0.15, 0.2) is 84.9 Å². The fourth-order valence-electron chi connectivity index (χ4n) is 4.71. The highest BCUT2D eigenvalue weighted by atomic mass is 35.5. The van der Waals surface area contributed by atoms with Crippen LogP contribution in [0.25, 0.3) is 0 Å². The zero-order valence-electron chi connectivity index (χ0n) is 18.5. The molecular formula is C28H27ClN2O2. The molecule has 0 bridgehead atoms. The Morgan fingerprint density at radius 1 is 0.939 bits per heavy atom. The summed E-state index contributed by atoms with van der Waals surface area (Å²) in [5.74, 6) is 0.0136. The van der Waals surface area contributed by atoms with Gasteiger partial charge in [0.15, 0.2) is 0 Å². The molecule has 1 saturated heterocycles. The summed E-state index contributed by atoms with van der Waals surface area (Å²) in [5.41, 5.74) is 0.768. The molecule has 4 rings (SSSR count). The number of nitrogens with zero attached hydrogens (tertiary/aromatic N) is 2. The van der Waals surface area contributed by atoms with E-state index in [1.807, 2.05) is 77.7 Å². The number of nitriles is 1. The Kier molecular flexibility index (Phi) is 6.83. The van der Waals surface area contributed by atoms with Crippen LogP contribution in [0.5, 0.6) is 0 Å². The number of halogens is 1. The molecule has 0 atom stereocenters. The maximum Gasteiger partial charge on any atom is 0.222 e. The lowest BCUT2D eigenvalue weighted by atomic mass is 9.72. The van der Waals surface area contributed by atoms with Crippen molar-refractivity contribution in [2.24, 2.45) is 0 Å². The number of carbonyl (C=O) groups excluding carboxylic acids is 1. The van der Waals surface area contributed by atoms with Gasteiger partial charge in [0.05, 0.1) is 11.7 Å². The average molecular weight is 459 g/mol. The molecule has 3 aromatic rings. The van der Waals surface area contributed by atoms with Crippen LogP contribution in [0.1, 0.15) is 42.4 Å². The summed E-state index contributed by atoms with van der Waals surface area (Å²) < 4.78 is 0. The van der Waals surface area contributed by atoms with Gasteiger partial charge < -0.3 is 10.0 Å². The molecule has 0 saturated carbocycles. The number of likely N-dealkylation sites (tertiary alicyclic amines) is 1. The van der Waals surface area contributed by atoms with E-state index in [2.05, 4.69) is 6.07 Å². The van der Waals surface area contributed by atoms with Crippen LogP contribution >= 0.6 is 11.6 Å². The molecule has 0 spiro atoms. The summed E-state index contributed by atoms with van der Waals surface area (Å²) >= 11 is 5.98. The Morgan fingerprint density at radius 3 is 1.94 bits per heavy atom. The van der Waals surface area contributed by atoms with E-state index in [1.165, 1.54) is 0 Å². The van der Waals surface area contributed by atoms with Crippen molar-refractivity contribution in [3.05, 3.63) is 107 Å². The standard InChI is InChI=1S/C28H27ClN2O2/c29-25-13-11-24(12-14-25)28(33)17-19-31(20-18-28)26(32)15-16-27(21-30,22-7-3-1-4-8-22)23-9-5-2-6-10-23/h1-14,33H,15-20H2. The summed E-state index contributed by atoms with van der Waals surface area (Å²) in [7, 11) is 0. The average Bonchev–Trinajstić information content (AvgIpc) is 2.87. The van der Waals surface area contributed by atoms with E-state index in [0.29, 0.717) is 37.4 Å². The lowest BCUT2D eigenvalue weighted by molar-refractivity contribution is -0.136. The van der Waals surface area contributed by atoms with E-state index in [0.717, 1.165) is 16.7 Å². The monoisotopic (exact) mass is 458 g/mol. The van der Waals surface area contributed by atoms with E-state index >= 15 is 0 Å². The second kappa shape index (κ2) is 9.79. The zero-order chi connectivity index (χ0) is 23.3. The van der Waals surface area contributed by atoms with Crippen molar-refractivity contribution in [2.45, 2.75) is 36.7 Å². The maximum atomic E-state index is 13.1. The van der Waals surface area contributed by atoms with Crippen molar-refractivity contribution in [3.63, 3.8) is 0 Å². The van der Waals surface area contributed by atoms with Crippen molar-refractivity contribution in [1.82, 2.24) is 4.90 Å². The first-order valence-corrected chi connectivity index (χ1v) is 11.6. The number of benzene rings is 3. The van der Waals surface area contributed by atoms with Gasteiger partial charge in [-0.05, 0) is 48.1 Å². The predicted molar refractivity (Wildman–Crippen MR) is 130 cm³/mol. The number of rotatable bonds is 6. The Morgan fingerprint density at radius 2 is 1.45 bits per heavy atom. The molecule has 0 radical (unpaired) electrons. The van der Waals surface area contributed by atoms with E-state index in [9.17, 15) is 15.2 Å². The molecule has 1 amide bonds. The number of aliphatic hydroxyl groups is 1. The van der Waals surface area contributed by atoms with Crippen LogP contribution < -0.4 is 0 Å². The van der Waals surface area contributed by atoms with Gasteiger partial charge in [0.25, 0.3) is 0 Å². The first-order valence-electron chi connectivity index (χ1n) is 11.3. The van der Waals surface area contributed by atoms with Gasteiger partial charge in [-0.3, -0.25) is 4.79 Å². The molecule has 0 aliphatic carbocycles. The zero-order valence-corrected chi connectivity index (χ0v) is 19.2. The molecule has 1 heterocycles. The molecule has 1 aliphatic rings. The molecule has 168 valence electrons. The normalized spacial score (nSPS) is 15.6. The lowest BCUT2D eigenvalue weighted by Crippen LogP contribution is -2.45. The van der Waals surface area contributed by atoms with Crippen molar-refractivity contribution < 1.29 is 9.90 Å². The smallest absolute Gasteiger partial charge is 0.222 e. The number of hydrogen-bond acceptors (Lipinski definition) is 3. The molecule has 0 aromatic heterocycles. The third kappa shape index (κ3) is 4.80. The molecule has 4 nitrogen and oxygen atoms in total. The highest BCUT2D eigenvalue weighted by Crippen LogP contribution is 2.37. The molecule has 3 aromatic carbocycles. The van der Waals surface area contributed by atoms with Crippen molar-refractivity contribution in [2.75, 3.05) is 13.1 Å². The summed E-state index contributed by atoms with van der Waals surface area (Å²) in [6.07, 6.45) is 1.60. The van der Waals surface area contributed by atoms with Gasteiger partial charge >= 0.3 is 0 Å². The minimum Gasteiger partial charge on any atom is -0.385 e. The summed E-state index contributed by atoms with van der Waals surface area (Å²) in [5, 5.41) is 22.0. The number of hydrogen-bond donors (Lipinski definition) is 1. The first-order chi connectivity index (χ1) is 16.0. The summed E-state index contributed by atoms with van der Waals surface area (Å²) in [6.45, 7) is 0.961. The molecule has 1 aliphatic heterocycles. The Bertz CT molecular complexity index is 1080. The van der Waals surface area contributed by atoms with Gasteiger partial charge in [-0.25, -0.2) is 0 Å². The van der Waals surface area contributed by atoms with Gasteiger partial charge in [-0.15, -0.1) is 0 Å². The number of piperidine rings is 1. The third-order valence-corrected chi connectivity index (χ3v) is 7.01. The van der Waals surface area contributed by atoms with Gasteiger partial charge in [0.2, 0.25) is 5.91 Å². The van der Waals surface area contributed by atoms with Gasteiger partial charge in [-0.1, -0.05) is 84.4 Å². The topological polar surface area (TPSA) is 64.3 Å². The van der Waals surface area contributed by atoms with Gasteiger partial charge in [0.1, 0.15) is 5.41 Å².